The van der Waals surface area contributed by atoms with Crippen LogP contribution in [-0.2, 0) is 20.8 Å². The van der Waals surface area contributed by atoms with Crippen LogP contribution in [0.2, 0.25) is 0 Å². The SMILES string of the molecule is CO[C@@]12CC[C@H](OCC3CC3)C[C@@H]1N(C(=O)Cn1nc(C)c(C)c1C)CC2. The number of carbonyl (C=O) groups excluding carboxylic acids is 1. The average Bonchev–Trinajstić information content (AvgIpc) is 3.37. The van der Waals surface area contributed by atoms with E-state index in [1.807, 2.05) is 23.4 Å². The van der Waals surface area contributed by atoms with Crippen molar-refractivity contribution in [3.63, 3.8) is 0 Å². The molecule has 1 saturated heterocycles. The number of fused-ring (bicyclic) bond motifs is 1. The fourth-order valence-electron chi connectivity index (χ4n) is 4.83. The summed E-state index contributed by atoms with van der Waals surface area (Å²) in [5.74, 6) is 0.919. The highest BCUT2D eigenvalue weighted by Crippen LogP contribution is 2.43. The van der Waals surface area contributed by atoms with E-state index in [1.54, 1.807) is 7.11 Å². The van der Waals surface area contributed by atoms with Gasteiger partial charge in [-0.15, -0.1) is 0 Å². The number of aryl methyl sites for hydroxylation is 1. The van der Waals surface area contributed by atoms with Crippen molar-refractivity contribution in [1.82, 2.24) is 14.7 Å². The first-order chi connectivity index (χ1) is 12.9. The van der Waals surface area contributed by atoms with Gasteiger partial charge in [0.2, 0.25) is 5.91 Å². The van der Waals surface area contributed by atoms with E-state index in [0.29, 0.717) is 6.54 Å². The Morgan fingerprint density at radius 2 is 2.00 bits per heavy atom. The third-order valence-electron chi connectivity index (χ3n) is 7.15. The molecule has 0 aromatic carbocycles. The third kappa shape index (κ3) is 3.54. The van der Waals surface area contributed by atoms with Crippen molar-refractivity contribution in [3.8, 4) is 0 Å². The lowest BCUT2D eigenvalue weighted by atomic mass is 9.79. The minimum absolute atomic E-state index is 0.117. The monoisotopic (exact) mass is 375 g/mol. The van der Waals surface area contributed by atoms with Crippen molar-refractivity contribution in [2.75, 3.05) is 20.3 Å². The molecule has 2 saturated carbocycles. The summed E-state index contributed by atoms with van der Waals surface area (Å²) in [6, 6.07) is 0.117. The predicted molar refractivity (Wildman–Crippen MR) is 103 cm³/mol. The highest BCUT2D eigenvalue weighted by atomic mass is 16.5. The van der Waals surface area contributed by atoms with Crippen LogP contribution in [0.4, 0.5) is 0 Å². The Bertz CT molecular complexity index is 712. The zero-order valence-electron chi connectivity index (χ0n) is 17.2. The Morgan fingerprint density at radius 3 is 2.63 bits per heavy atom. The van der Waals surface area contributed by atoms with Crippen LogP contribution in [0.25, 0.3) is 0 Å². The normalized spacial score (nSPS) is 30.6. The molecule has 150 valence electrons. The highest BCUT2D eigenvalue weighted by Gasteiger charge is 2.52. The first-order valence-corrected chi connectivity index (χ1v) is 10.4. The molecule has 4 rings (SSSR count). The molecule has 1 aromatic rings. The average molecular weight is 376 g/mol. The van der Waals surface area contributed by atoms with Gasteiger partial charge in [-0.2, -0.15) is 5.10 Å². The van der Waals surface area contributed by atoms with Crippen LogP contribution in [0, 0.1) is 26.7 Å². The van der Waals surface area contributed by atoms with E-state index < -0.39 is 0 Å². The number of aromatic nitrogens is 2. The number of amides is 1. The minimum atomic E-state index is -0.194. The van der Waals surface area contributed by atoms with E-state index in [4.69, 9.17) is 9.47 Å². The van der Waals surface area contributed by atoms with Crippen LogP contribution in [0.1, 0.15) is 55.5 Å². The van der Waals surface area contributed by atoms with E-state index in [2.05, 4.69) is 12.0 Å². The molecule has 6 heteroatoms. The van der Waals surface area contributed by atoms with Gasteiger partial charge in [-0.25, -0.2) is 0 Å². The lowest BCUT2D eigenvalue weighted by Crippen LogP contribution is -2.53. The molecule has 6 nitrogen and oxygen atoms in total. The van der Waals surface area contributed by atoms with Gasteiger partial charge in [0, 0.05) is 26.0 Å². The number of methoxy groups -OCH3 is 1. The van der Waals surface area contributed by atoms with Crippen LogP contribution in [0.5, 0.6) is 0 Å². The van der Waals surface area contributed by atoms with Crippen molar-refractivity contribution in [2.24, 2.45) is 5.92 Å². The number of nitrogens with zero attached hydrogens (tertiary/aromatic N) is 3. The van der Waals surface area contributed by atoms with Gasteiger partial charge in [0.25, 0.3) is 0 Å². The molecule has 2 aliphatic carbocycles. The van der Waals surface area contributed by atoms with E-state index >= 15 is 0 Å². The van der Waals surface area contributed by atoms with Crippen molar-refractivity contribution < 1.29 is 14.3 Å². The molecule has 2 heterocycles. The molecule has 1 aromatic heterocycles. The first-order valence-electron chi connectivity index (χ1n) is 10.4. The van der Waals surface area contributed by atoms with Crippen molar-refractivity contribution in [2.45, 2.75) is 83.6 Å². The van der Waals surface area contributed by atoms with Gasteiger partial charge in [-0.1, -0.05) is 0 Å². The van der Waals surface area contributed by atoms with Gasteiger partial charge in [0.1, 0.15) is 6.54 Å². The summed E-state index contributed by atoms with van der Waals surface area (Å²) in [6.45, 7) is 8.06. The predicted octanol–water partition coefficient (Wildman–Crippen LogP) is 2.77. The second-order valence-electron chi connectivity index (χ2n) is 8.75. The zero-order chi connectivity index (χ0) is 19.2. The van der Waals surface area contributed by atoms with Crippen LogP contribution < -0.4 is 0 Å². The van der Waals surface area contributed by atoms with Gasteiger partial charge < -0.3 is 14.4 Å². The quantitative estimate of drug-likeness (QED) is 0.767. The Kier molecular flexibility index (Phi) is 5.06. The molecule has 3 aliphatic rings. The maximum absolute atomic E-state index is 13.2. The number of hydrogen-bond donors (Lipinski definition) is 0. The summed E-state index contributed by atoms with van der Waals surface area (Å²) in [5, 5.41) is 4.55. The topological polar surface area (TPSA) is 56.6 Å². The lowest BCUT2D eigenvalue weighted by Gasteiger charge is -2.43. The molecule has 0 spiro atoms. The smallest absolute Gasteiger partial charge is 0.244 e. The Labute approximate surface area is 162 Å². The van der Waals surface area contributed by atoms with Crippen LogP contribution in [0.3, 0.4) is 0 Å². The van der Waals surface area contributed by atoms with Gasteiger partial charge in [-0.3, -0.25) is 9.48 Å². The van der Waals surface area contributed by atoms with Crippen LogP contribution in [0.15, 0.2) is 0 Å². The fourth-order valence-corrected chi connectivity index (χ4v) is 4.83. The number of rotatable bonds is 6. The molecular formula is C21H33N3O3. The largest absolute Gasteiger partial charge is 0.378 e. The molecule has 1 aliphatic heterocycles. The molecule has 27 heavy (non-hydrogen) atoms. The molecular weight excluding hydrogens is 342 g/mol. The van der Waals surface area contributed by atoms with Gasteiger partial charge in [0.05, 0.1) is 23.4 Å². The lowest BCUT2D eigenvalue weighted by molar-refractivity contribution is -0.142. The fraction of sp³-hybridized carbons (Fsp3) is 0.810. The van der Waals surface area contributed by atoms with E-state index in [0.717, 1.165) is 56.1 Å². The second-order valence-corrected chi connectivity index (χ2v) is 8.75. The van der Waals surface area contributed by atoms with Gasteiger partial charge >= 0.3 is 0 Å². The molecule has 0 unspecified atom stereocenters. The van der Waals surface area contributed by atoms with E-state index in [-0.39, 0.29) is 23.7 Å². The summed E-state index contributed by atoms with van der Waals surface area (Å²) in [4.78, 5) is 15.2. The molecule has 0 bridgehead atoms. The minimum Gasteiger partial charge on any atom is -0.378 e. The van der Waals surface area contributed by atoms with Gasteiger partial charge in [-0.05, 0) is 70.8 Å². The van der Waals surface area contributed by atoms with Crippen molar-refractivity contribution >= 4 is 5.91 Å². The number of hydrogen-bond acceptors (Lipinski definition) is 4. The number of carbonyl (C=O) groups is 1. The third-order valence-corrected chi connectivity index (χ3v) is 7.15. The zero-order valence-corrected chi connectivity index (χ0v) is 17.2. The maximum Gasteiger partial charge on any atom is 0.244 e. The summed E-state index contributed by atoms with van der Waals surface area (Å²) in [5.41, 5.74) is 3.05. The molecule has 0 N–H and O–H groups in total. The molecule has 0 radical (unpaired) electrons. The Morgan fingerprint density at radius 1 is 1.22 bits per heavy atom. The van der Waals surface area contributed by atoms with E-state index in [9.17, 15) is 4.79 Å². The summed E-state index contributed by atoms with van der Waals surface area (Å²) < 4.78 is 14.0. The van der Waals surface area contributed by atoms with Crippen molar-refractivity contribution in [1.29, 1.82) is 0 Å². The summed E-state index contributed by atoms with van der Waals surface area (Å²) >= 11 is 0. The standard InChI is InChI=1S/C21H33N3O3/c1-14-15(2)22-24(16(14)3)12-20(25)23-10-9-21(26-4)8-7-18(11-19(21)23)27-13-17-5-6-17/h17-19H,5-13H2,1-4H3/t18-,19-,21+/m0/s1. The number of ether oxygens (including phenoxy) is 2. The number of likely N-dealkylation sites (tertiary alicyclic amines) is 1. The van der Waals surface area contributed by atoms with Crippen LogP contribution >= 0.6 is 0 Å². The molecule has 3 atom stereocenters. The van der Waals surface area contributed by atoms with Crippen molar-refractivity contribution in [3.05, 3.63) is 17.0 Å². The molecule has 1 amide bonds. The van der Waals surface area contributed by atoms with Crippen LogP contribution in [-0.4, -0.2) is 58.6 Å². The molecule has 3 fully saturated rings. The summed E-state index contributed by atoms with van der Waals surface area (Å²) in [7, 11) is 1.80. The maximum atomic E-state index is 13.2. The first kappa shape index (κ1) is 18.9. The van der Waals surface area contributed by atoms with Gasteiger partial charge in [0.15, 0.2) is 0 Å². The second kappa shape index (κ2) is 7.21. The Hall–Kier alpha value is -1.40. The Balaban J connectivity index is 1.46. The highest BCUT2D eigenvalue weighted by molar-refractivity contribution is 5.77. The summed E-state index contributed by atoms with van der Waals surface area (Å²) in [6.07, 6.45) is 6.70. The van der Waals surface area contributed by atoms with E-state index in [1.165, 1.54) is 18.4 Å².